The van der Waals surface area contributed by atoms with Crippen LogP contribution in [-0.4, -0.2) is 61.4 Å². The van der Waals surface area contributed by atoms with Crippen LogP contribution in [-0.2, 0) is 11.3 Å². The third kappa shape index (κ3) is 10.8. The molecule has 2 aromatic rings. The first-order valence-electron chi connectivity index (χ1n) is 12.8. The second kappa shape index (κ2) is 16.3. The van der Waals surface area contributed by atoms with Crippen LogP contribution in [0.15, 0.2) is 41.5 Å². The molecule has 1 heterocycles. The van der Waals surface area contributed by atoms with Gasteiger partial charge in [-0.25, -0.2) is 11.0 Å². The predicted molar refractivity (Wildman–Crippen MR) is 149 cm³/mol. The Labute approximate surface area is 225 Å². The van der Waals surface area contributed by atoms with Crippen molar-refractivity contribution in [1.29, 1.82) is 0 Å². The molecule has 1 aliphatic rings. The van der Waals surface area contributed by atoms with Crippen molar-refractivity contribution in [3.8, 4) is 5.75 Å². The van der Waals surface area contributed by atoms with Gasteiger partial charge in [-0.05, 0) is 75.4 Å². The van der Waals surface area contributed by atoms with Crippen molar-refractivity contribution in [3.63, 3.8) is 0 Å². The number of carbonyl (C=O) groups is 2. The summed E-state index contributed by atoms with van der Waals surface area (Å²) >= 11 is 0. The number of hydrogen-bond donors (Lipinski definition) is 5. The summed E-state index contributed by atoms with van der Waals surface area (Å²) in [7, 11) is 3.61. The third-order valence-electron chi connectivity index (χ3n) is 6.17. The number of methoxy groups -OCH3 is 1. The van der Waals surface area contributed by atoms with E-state index in [0.717, 1.165) is 38.0 Å². The Kier molecular flexibility index (Phi) is 13.2. The number of aromatic nitrogens is 1. The van der Waals surface area contributed by atoms with E-state index in [1.54, 1.807) is 26.2 Å². The lowest BCUT2D eigenvalue weighted by molar-refractivity contribution is -0.121. The van der Waals surface area contributed by atoms with Gasteiger partial charge in [0.1, 0.15) is 11.4 Å². The summed E-state index contributed by atoms with van der Waals surface area (Å²) in [5, 5.41) is 11.7. The van der Waals surface area contributed by atoms with Crippen molar-refractivity contribution < 1.29 is 14.3 Å². The third-order valence-corrected chi connectivity index (χ3v) is 6.17. The lowest BCUT2D eigenvalue weighted by Gasteiger charge is -2.30. The molecule has 1 amide bonds. The number of nitrogens with one attached hydrogen (secondary N) is 2. The van der Waals surface area contributed by atoms with Crippen molar-refractivity contribution in [1.82, 2.24) is 20.7 Å². The molecule has 0 bridgehead atoms. The summed E-state index contributed by atoms with van der Waals surface area (Å²) in [4.78, 5) is 26.6. The molecular weight excluding hydrogens is 484 g/mol. The monoisotopic (exact) mass is 526 g/mol. The Balaban J connectivity index is 0.000000384. The Morgan fingerprint density at radius 3 is 2.61 bits per heavy atom. The van der Waals surface area contributed by atoms with E-state index in [2.05, 4.69) is 26.8 Å². The van der Waals surface area contributed by atoms with E-state index >= 15 is 0 Å². The number of ether oxygens (including phenoxy) is 1. The number of carbonyl (C=O) groups excluding carboxylic acids is 2. The number of nitrogens with zero attached hydrogens (tertiary/aromatic N) is 3. The topological polar surface area (TPSA) is 174 Å². The van der Waals surface area contributed by atoms with E-state index in [4.69, 9.17) is 22.0 Å². The van der Waals surface area contributed by atoms with Gasteiger partial charge in [-0.15, -0.1) is 5.10 Å². The first kappa shape index (κ1) is 30.7. The maximum atomic E-state index is 11.6. The summed E-state index contributed by atoms with van der Waals surface area (Å²) < 4.78 is 5.07. The predicted octanol–water partition coefficient (Wildman–Crippen LogP) is 1.44. The number of nitrogens with two attached hydrogens (primary N) is 3. The molecule has 11 heteroatoms. The minimum atomic E-state index is 0.0149. The van der Waals surface area contributed by atoms with Gasteiger partial charge in [0.25, 0.3) is 0 Å². The van der Waals surface area contributed by atoms with Crippen LogP contribution in [0.25, 0.3) is 0 Å². The quantitative estimate of drug-likeness (QED) is 0.0954. The number of hydrogen-bond acceptors (Lipinski definition) is 9. The summed E-state index contributed by atoms with van der Waals surface area (Å²) in [5.74, 6) is 7.57. The number of hydrazine groups is 1. The van der Waals surface area contributed by atoms with E-state index in [1.165, 1.54) is 10.7 Å². The highest BCUT2D eigenvalue weighted by Gasteiger charge is 2.23. The smallest absolute Gasteiger partial charge is 0.221 e. The highest BCUT2D eigenvalue weighted by Crippen LogP contribution is 2.25. The fraction of sp³-hybridized carbons (Fsp3) is 0.481. The molecule has 8 N–H and O–H groups in total. The SMILES string of the molecule is CNCc1cccc(OC)c1.Cc1cc(/C(N)=N/N(N)CC2CCC(NC(=O)CCN)CC2)cc(C=O)n1. The Hall–Kier alpha value is -3.54. The van der Waals surface area contributed by atoms with E-state index in [0.29, 0.717) is 48.7 Å². The van der Waals surface area contributed by atoms with Gasteiger partial charge >= 0.3 is 0 Å². The molecule has 0 unspecified atom stereocenters. The van der Waals surface area contributed by atoms with E-state index in [1.807, 2.05) is 25.2 Å². The van der Waals surface area contributed by atoms with Gasteiger partial charge in [0.2, 0.25) is 5.91 Å². The zero-order valence-electron chi connectivity index (χ0n) is 22.7. The summed E-state index contributed by atoms with van der Waals surface area (Å²) in [5.41, 5.74) is 14.3. The molecule has 0 spiro atoms. The molecule has 0 aliphatic heterocycles. The van der Waals surface area contributed by atoms with Crippen molar-refractivity contribution in [3.05, 3.63) is 58.9 Å². The number of benzene rings is 1. The molecule has 208 valence electrons. The average Bonchev–Trinajstić information content (AvgIpc) is 2.90. The van der Waals surface area contributed by atoms with Crippen LogP contribution >= 0.6 is 0 Å². The van der Waals surface area contributed by atoms with Crippen LogP contribution in [0.3, 0.4) is 0 Å². The average molecular weight is 527 g/mol. The molecule has 1 fully saturated rings. The Morgan fingerprint density at radius 2 is 1.97 bits per heavy atom. The van der Waals surface area contributed by atoms with Gasteiger partial charge in [-0.2, -0.15) is 0 Å². The summed E-state index contributed by atoms with van der Waals surface area (Å²) in [6.07, 6.45) is 4.79. The maximum absolute atomic E-state index is 11.6. The molecule has 11 nitrogen and oxygen atoms in total. The van der Waals surface area contributed by atoms with Crippen LogP contribution < -0.4 is 32.7 Å². The number of aryl methyl sites for hydroxylation is 1. The molecule has 0 saturated heterocycles. The normalized spacial score (nSPS) is 17.1. The molecule has 1 saturated carbocycles. The number of rotatable bonds is 11. The highest BCUT2D eigenvalue weighted by molar-refractivity contribution is 5.98. The van der Waals surface area contributed by atoms with E-state index in [-0.39, 0.29) is 17.8 Å². The highest BCUT2D eigenvalue weighted by atomic mass is 16.5. The van der Waals surface area contributed by atoms with Crippen LogP contribution in [0.1, 0.15) is 59.4 Å². The molecule has 0 atom stereocenters. The van der Waals surface area contributed by atoms with Crippen LogP contribution in [0.2, 0.25) is 0 Å². The molecule has 38 heavy (non-hydrogen) atoms. The van der Waals surface area contributed by atoms with Crippen molar-refractivity contribution in [2.24, 2.45) is 28.3 Å². The van der Waals surface area contributed by atoms with Gasteiger partial charge < -0.3 is 26.8 Å². The molecule has 1 aromatic carbocycles. The first-order chi connectivity index (χ1) is 18.3. The Bertz CT molecular complexity index is 1050. The number of aldehydes is 1. The largest absolute Gasteiger partial charge is 0.497 e. The lowest BCUT2D eigenvalue weighted by atomic mass is 9.86. The van der Waals surface area contributed by atoms with Crippen molar-refractivity contribution >= 4 is 18.0 Å². The Morgan fingerprint density at radius 1 is 1.24 bits per heavy atom. The van der Waals surface area contributed by atoms with Crippen LogP contribution in [0.4, 0.5) is 0 Å². The minimum Gasteiger partial charge on any atom is -0.497 e. The van der Waals surface area contributed by atoms with Gasteiger partial charge in [0.05, 0.1) is 13.7 Å². The molecule has 3 rings (SSSR count). The number of amidine groups is 1. The van der Waals surface area contributed by atoms with Gasteiger partial charge in [-0.1, -0.05) is 12.1 Å². The minimum absolute atomic E-state index is 0.0149. The van der Waals surface area contributed by atoms with E-state index < -0.39 is 0 Å². The second-order valence-corrected chi connectivity index (χ2v) is 9.35. The number of pyridine rings is 1. The zero-order chi connectivity index (χ0) is 27.9. The molecule has 0 radical (unpaired) electrons. The number of hydrazone groups is 1. The van der Waals surface area contributed by atoms with Crippen molar-refractivity contribution in [2.45, 2.75) is 51.6 Å². The van der Waals surface area contributed by atoms with Crippen LogP contribution in [0.5, 0.6) is 5.75 Å². The van der Waals surface area contributed by atoms with Crippen molar-refractivity contribution in [2.75, 3.05) is 27.2 Å². The van der Waals surface area contributed by atoms with Gasteiger partial charge in [-0.3, -0.25) is 14.6 Å². The lowest BCUT2D eigenvalue weighted by Crippen LogP contribution is -2.41. The van der Waals surface area contributed by atoms with Crippen LogP contribution in [0, 0.1) is 12.8 Å². The first-order valence-corrected chi connectivity index (χ1v) is 12.8. The molecule has 1 aliphatic carbocycles. The maximum Gasteiger partial charge on any atom is 0.221 e. The summed E-state index contributed by atoms with van der Waals surface area (Å²) in [6, 6.07) is 11.6. The van der Waals surface area contributed by atoms with Gasteiger partial charge in [0, 0.05) is 36.8 Å². The molecule has 1 aromatic heterocycles. The second-order valence-electron chi connectivity index (χ2n) is 9.35. The number of amides is 1. The molecular formula is C27H42N8O3. The standard InChI is InChI=1S/C18H29N7O2.C9H13NO/c1-12-8-14(9-16(11-26)22-12)18(20)24-25(21)10-13-2-4-15(5-3-13)23-17(27)6-7-19;1-10-7-8-4-3-5-9(6-8)11-2/h8-9,11,13,15H,2-7,10,19,21H2,1H3,(H2,20,24)(H,23,27);3-6,10H,7H2,1-2H3. The fourth-order valence-corrected chi connectivity index (χ4v) is 4.31. The van der Waals surface area contributed by atoms with Gasteiger partial charge in [0.15, 0.2) is 12.1 Å². The summed E-state index contributed by atoms with van der Waals surface area (Å²) in [6.45, 7) is 3.62. The zero-order valence-corrected chi connectivity index (χ0v) is 22.7. The van der Waals surface area contributed by atoms with E-state index in [9.17, 15) is 9.59 Å². The fourth-order valence-electron chi connectivity index (χ4n) is 4.31.